The average Bonchev–Trinajstić information content (AvgIpc) is 2.63. The lowest BCUT2D eigenvalue weighted by Gasteiger charge is -2.42. The molecule has 4 nitrogen and oxygen atoms in total. The van der Waals surface area contributed by atoms with Gasteiger partial charge in [0.05, 0.1) is 5.54 Å². The summed E-state index contributed by atoms with van der Waals surface area (Å²) in [5.41, 5.74) is 0.648. The van der Waals surface area contributed by atoms with Crippen LogP contribution in [-0.2, 0) is 7.05 Å². The number of nitrogens with one attached hydrogen (secondary N) is 1. The molecule has 0 unspecified atom stereocenters. The average molecular weight is 221 g/mol. The van der Waals surface area contributed by atoms with Gasteiger partial charge in [0, 0.05) is 32.9 Å². The molecule has 0 bridgehead atoms. The van der Waals surface area contributed by atoms with Gasteiger partial charge in [0.25, 0.3) is 5.91 Å². The fraction of sp³-hybridized carbons (Fsp3) is 0.583. The summed E-state index contributed by atoms with van der Waals surface area (Å²) in [7, 11) is 1.91. The van der Waals surface area contributed by atoms with Gasteiger partial charge in [-0.15, -0.1) is 0 Å². The second-order valence-corrected chi connectivity index (χ2v) is 4.95. The standard InChI is InChI=1S/C12H19N3O/c1-12(2)9-13-6-8-15(12)11(16)10-5-4-7-14(10)3/h4-5,7,13H,6,8-9H2,1-3H3. The van der Waals surface area contributed by atoms with Crippen molar-refractivity contribution < 1.29 is 4.79 Å². The van der Waals surface area contributed by atoms with Crippen LogP contribution >= 0.6 is 0 Å². The van der Waals surface area contributed by atoms with E-state index in [-0.39, 0.29) is 11.4 Å². The van der Waals surface area contributed by atoms with Gasteiger partial charge in [0.1, 0.15) is 5.69 Å². The van der Waals surface area contributed by atoms with E-state index in [2.05, 4.69) is 19.2 Å². The third-order valence-corrected chi connectivity index (χ3v) is 3.21. The Morgan fingerprint density at radius 2 is 2.25 bits per heavy atom. The zero-order valence-electron chi connectivity index (χ0n) is 10.2. The van der Waals surface area contributed by atoms with E-state index in [0.717, 1.165) is 25.3 Å². The van der Waals surface area contributed by atoms with Crippen LogP contribution in [0.15, 0.2) is 18.3 Å². The van der Waals surface area contributed by atoms with Crippen LogP contribution in [-0.4, -0.2) is 40.5 Å². The summed E-state index contributed by atoms with van der Waals surface area (Å²) < 4.78 is 1.88. The minimum absolute atomic E-state index is 0.112. The summed E-state index contributed by atoms with van der Waals surface area (Å²) in [6.07, 6.45) is 1.91. The van der Waals surface area contributed by atoms with E-state index in [1.807, 2.05) is 34.8 Å². The van der Waals surface area contributed by atoms with Crippen molar-refractivity contribution >= 4 is 5.91 Å². The predicted octanol–water partition coefficient (Wildman–Crippen LogP) is 0.849. The molecule has 1 amide bonds. The highest BCUT2D eigenvalue weighted by Crippen LogP contribution is 2.19. The molecule has 0 aliphatic carbocycles. The SMILES string of the molecule is Cn1cccc1C(=O)N1CCNCC1(C)C. The van der Waals surface area contributed by atoms with E-state index in [0.29, 0.717) is 0 Å². The predicted molar refractivity (Wildman–Crippen MR) is 63.4 cm³/mol. The fourth-order valence-corrected chi connectivity index (χ4v) is 2.18. The van der Waals surface area contributed by atoms with Crippen molar-refractivity contribution in [3.05, 3.63) is 24.0 Å². The van der Waals surface area contributed by atoms with Gasteiger partial charge in [-0.3, -0.25) is 4.79 Å². The quantitative estimate of drug-likeness (QED) is 0.763. The maximum atomic E-state index is 12.4. The minimum atomic E-state index is -0.112. The first-order valence-corrected chi connectivity index (χ1v) is 5.66. The molecule has 0 radical (unpaired) electrons. The highest BCUT2D eigenvalue weighted by Gasteiger charge is 2.34. The van der Waals surface area contributed by atoms with Crippen LogP contribution in [0.1, 0.15) is 24.3 Å². The van der Waals surface area contributed by atoms with Crippen LogP contribution in [0.4, 0.5) is 0 Å². The molecular formula is C12H19N3O. The normalized spacial score (nSPS) is 19.8. The summed E-state index contributed by atoms with van der Waals surface area (Å²) in [6, 6.07) is 3.78. The third kappa shape index (κ3) is 1.85. The molecule has 2 rings (SSSR count). The number of hydrogen-bond acceptors (Lipinski definition) is 2. The molecule has 1 aliphatic heterocycles. The zero-order valence-corrected chi connectivity index (χ0v) is 10.2. The first-order valence-electron chi connectivity index (χ1n) is 5.66. The summed E-state index contributed by atoms with van der Waals surface area (Å²) in [5, 5.41) is 3.32. The molecule has 0 spiro atoms. The lowest BCUT2D eigenvalue weighted by Crippen LogP contribution is -2.60. The van der Waals surface area contributed by atoms with E-state index in [9.17, 15) is 4.79 Å². The lowest BCUT2D eigenvalue weighted by atomic mass is 9.99. The van der Waals surface area contributed by atoms with Gasteiger partial charge in [-0.25, -0.2) is 0 Å². The summed E-state index contributed by atoms with van der Waals surface area (Å²) in [4.78, 5) is 14.3. The van der Waals surface area contributed by atoms with Crippen molar-refractivity contribution in [1.29, 1.82) is 0 Å². The highest BCUT2D eigenvalue weighted by molar-refractivity contribution is 5.93. The second kappa shape index (κ2) is 3.94. The third-order valence-electron chi connectivity index (χ3n) is 3.21. The molecule has 0 saturated carbocycles. The van der Waals surface area contributed by atoms with Gasteiger partial charge < -0.3 is 14.8 Å². The van der Waals surface area contributed by atoms with Crippen molar-refractivity contribution in [2.45, 2.75) is 19.4 Å². The Bertz CT molecular complexity index is 395. The largest absolute Gasteiger partial charge is 0.347 e. The topological polar surface area (TPSA) is 37.3 Å². The molecule has 1 saturated heterocycles. The Morgan fingerprint density at radius 1 is 1.50 bits per heavy atom. The molecule has 1 aromatic rings. The maximum Gasteiger partial charge on any atom is 0.270 e. The van der Waals surface area contributed by atoms with Crippen LogP contribution < -0.4 is 5.32 Å². The van der Waals surface area contributed by atoms with Crippen molar-refractivity contribution in [3.63, 3.8) is 0 Å². The molecule has 1 fully saturated rings. The number of aryl methyl sites for hydroxylation is 1. The Balaban J connectivity index is 2.24. The van der Waals surface area contributed by atoms with Crippen molar-refractivity contribution in [1.82, 2.24) is 14.8 Å². The minimum Gasteiger partial charge on any atom is -0.347 e. The van der Waals surface area contributed by atoms with Gasteiger partial charge in [-0.2, -0.15) is 0 Å². The molecule has 88 valence electrons. The zero-order chi connectivity index (χ0) is 11.8. The second-order valence-electron chi connectivity index (χ2n) is 4.95. The number of amides is 1. The van der Waals surface area contributed by atoms with Gasteiger partial charge in [0.2, 0.25) is 0 Å². The van der Waals surface area contributed by atoms with E-state index >= 15 is 0 Å². The Kier molecular flexibility index (Phi) is 2.76. The van der Waals surface area contributed by atoms with Crippen molar-refractivity contribution in [2.75, 3.05) is 19.6 Å². The first kappa shape index (κ1) is 11.2. The Labute approximate surface area is 96.2 Å². The van der Waals surface area contributed by atoms with Gasteiger partial charge in [-0.1, -0.05) is 0 Å². The maximum absolute atomic E-state index is 12.4. The number of piperazine rings is 1. The van der Waals surface area contributed by atoms with Gasteiger partial charge in [-0.05, 0) is 26.0 Å². The summed E-state index contributed by atoms with van der Waals surface area (Å²) in [5.74, 6) is 0.124. The lowest BCUT2D eigenvalue weighted by molar-refractivity contribution is 0.0468. The van der Waals surface area contributed by atoms with E-state index in [1.165, 1.54) is 0 Å². The van der Waals surface area contributed by atoms with Crippen molar-refractivity contribution in [3.8, 4) is 0 Å². The fourth-order valence-electron chi connectivity index (χ4n) is 2.18. The number of carbonyl (C=O) groups excluding carboxylic acids is 1. The Morgan fingerprint density at radius 3 is 2.81 bits per heavy atom. The van der Waals surface area contributed by atoms with Crippen molar-refractivity contribution in [2.24, 2.45) is 7.05 Å². The van der Waals surface area contributed by atoms with E-state index < -0.39 is 0 Å². The smallest absolute Gasteiger partial charge is 0.270 e. The van der Waals surface area contributed by atoms with Crippen LogP contribution in [0.2, 0.25) is 0 Å². The number of rotatable bonds is 1. The molecule has 1 N–H and O–H groups in total. The Hall–Kier alpha value is -1.29. The highest BCUT2D eigenvalue weighted by atomic mass is 16.2. The molecule has 4 heteroatoms. The van der Waals surface area contributed by atoms with Crippen LogP contribution in [0.25, 0.3) is 0 Å². The van der Waals surface area contributed by atoms with E-state index in [1.54, 1.807) is 0 Å². The number of aromatic nitrogens is 1. The molecule has 1 aliphatic rings. The van der Waals surface area contributed by atoms with Crippen LogP contribution in [0.5, 0.6) is 0 Å². The number of carbonyl (C=O) groups is 1. The van der Waals surface area contributed by atoms with Gasteiger partial charge in [0.15, 0.2) is 0 Å². The molecule has 2 heterocycles. The monoisotopic (exact) mass is 221 g/mol. The van der Waals surface area contributed by atoms with Gasteiger partial charge >= 0.3 is 0 Å². The van der Waals surface area contributed by atoms with E-state index in [4.69, 9.17) is 0 Å². The molecule has 0 atom stereocenters. The molecule has 1 aromatic heterocycles. The summed E-state index contributed by atoms with van der Waals surface area (Å²) in [6.45, 7) is 6.69. The first-order chi connectivity index (χ1) is 7.52. The number of nitrogens with zero attached hydrogens (tertiary/aromatic N) is 2. The van der Waals surface area contributed by atoms with Crippen LogP contribution in [0.3, 0.4) is 0 Å². The number of hydrogen-bond donors (Lipinski definition) is 1. The summed E-state index contributed by atoms with van der Waals surface area (Å²) >= 11 is 0. The molecule has 16 heavy (non-hydrogen) atoms. The molecular weight excluding hydrogens is 202 g/mol. The van der Waals surface area contributed by atoms with Crippen LogP contribution in [0, 0.1) is 0 Å². The molecule has 0 aromatic carbocycles.